The predicted octanol–water partition coefficient (Wildman–Crippen LogP) is 0.678. The molecule has 2 heterocycles. The van der Waals surface area contributed by atoms with Gasteiger partial charge in [-0.25, -0.2) is 9.78 Å². The number of nitrogens with zero attached hydrogens (tertiary/aromatic N) is 1. The van der Waals surface area contributed by atoms with E-state index in [0.29, 0.717) is 25.6 Å². The number of nitrogens with one attached hydrogen (secondary N) is 2. The lowest BCUT2D eigenvalue weighted by Crippen LogP contribution is -2.42. The van der Waals surface area contributed by atoms with E-state index in [9.17, 15) is 4.79 Å². The SMILES string of the molecule is COc1ccc(CNC(=O)NC2CCOC2)cn1. The van der Waals surface area contributed by atoms with Crippen molar-refractivity contribution in [2.24, 2.45) is 0 Å². The fraction of sp³-hybridized carbons (Fsp3) is 0.500. The van der Waals surface area contributed by atoms with Crippen molar-refractivity contribution in [3.8, 4) is 5.88 Å². The van der Waals surface area contributed by atoms with Crippen LogP contribution in [-0.2, 0) is 11.3 Å². The van der Waals surface area contributed by atoms with Gasteiger partial charge in [0.1, 0.15) is 0 Å². The minimum atomic E-state index is -0.179. The molecule has 2 rings (SSSR count). The lowest BCUT2D eigenvalue weighted by Gasteiger charge is -2.11. The second kappa shape index (κ2) is 6.20. The molecule has 0 saturated carbocycles. The summed E-state index contributed by atoms with van der Waals surface area (Å²) in [6.45, 7) is 1.75. The Morgan fingerprint density at radius 1 is 1.61 bits per heavy atom. The first kappa shape index (κ1) is 12.6. The lowest BCUT2D eigenvalue weighted by atomic mass is 10.2. The van der Waals surface area contributed by atoms with Crippen molar-refractivity contribution < 1.29 is 14.3 Å². The van der Waals surface area contributed by atoms with Gasteiger partial charge in [-0.05, 0) is 12.0 Å². The fourth-order valence-corrected chi connectivity index (χ4v) is 1.70. The van der Waals surface area contributed by atoms with Gasteiger partial charge in [-0.3, -0.25) is 0 Å². The molecule has 1 saturated heterocycles. The highest BCUT2D eigenvalue weighted by Crippen LogP contribution is 2.06. The Morgan fingerprint density at radius 2 is 2.50 bits per heavy atom. The van der Waals surface area contributed by atoms with Crippen LogP contribution >= 0.6 is 0 Å². The molecule has 2 N–H and O–H groups in total. The Bertz CT molecular complexity index is 388. The van der Waals surface area contributed by atoms with Crippen molar-refractivity contribution >= 4 is 6.03 Å². The summed E-state index contributed by atoms with van der Waals surface area (Å²) in [6.07, 6.45) is 2.55. The Balaban J connectivity index is 1.74. The van der Waals surface area contributed by atoms with Crippen molar-refractivity contribution in [2.75, 3.05) is 20.3 Å². The molecule has 0 spiro atoms. The third kappa shape index (κ3) is 3.59. The first-order chi connectivity index (χ1) is 8.78. The van der Waals surface area contributed by atoms with Crippen LogP contribution in [0.1, 0.15) is 12.0 Å². The predicted molar refractivity (Wildman–Crippen MR) is 65.4 cm³/mol. The zero-order valence-electron chi connectivity index (χ0n) is 10.3. The summed E-state index contributed by atoms with van der Waals surface area (Å²) in [7, 11) is 1.57. The largest absolute Gasteiger partial charge is 0.481 e. The van der Waals surface area contributed by atoms with Crippen LogP contribution in [0.15, 0.2) is 18.3 Å². The van der Waals surface area contributed by atoms with Crippen LogP contribution in [0.5, 0.6) is 5.88 Å². The van der Waals surface area contributed by atoms with Gasteiger partial charge < -0.3 is 20.1 Å². The minimum Gasteiger partial charge on any atom is -0.481 e. The van der Waals surface area contributed by atoms with E-state index in [4.69, 9.17) is 9.47 Å². The van der Waals surface area contributed by atoms with Gasteiger partial charge in [0.25, 0.3) is 0 Å². The molecular formula is C12H17N3O3. The number of hydrogen-bond donors (Lipinski definition) is 2. The van der Waals surface area contributed by atoms with Gasteiger partial charge in [0, 0.05) is 25.4 Å². The normalized spacial score (nSPS) is 18.4. The number of hydrogen-bond acceptors (Lipinski definition) is 4. The van der Waals surface area contributed by atoms with Crippen LogP contribution < -0.4 is 15.4 Å². The van der Waals surface area contributed by atoms with E-state index in [1.54, 1.807) is 19.4 Å². The van der Waals surface area contributed by atoms with E-state index in [-0.39, 0.29) is 12.1 Å². The van der Waals surface area contributed by atoms with E-state index in [1.165, 1.54) is 0 Å². The molecule has 2 amide bonds. The quantitative estimate of drug-likeness (QED) is 0.825. The molecule has 6 heteroatoms. The molecule has 18 heavy (non-hydrogen) atoms. The maximum absolute atomic E-state index is 11.6. The Labute approximate surface area is 106 Å². The fourth-order valence-electron chi connectivity index (χ4n) is 1.70. The zero-order valence-corrected chi connectivity index (χ0v) is 10.3. The van der Waals surface area contributed by atoms with Gasteiger partial charge in [0.2, 0.25) is 5.88 Å². The topological polar surface area (TPSA) is 72.5 Å². The number of methoxy groups -OCH3 is 1. The molecule has 0 aliphatic carbocycles. The highest BCUT2D eigenvalue weighted by Gasteiger charge is 2.17. The second-order valence-corrected chi connectivity index (χ2v) is 4.10. The number of ether oxygens (including phenoxy) is 2. The highest BCUT2D eigenvalue weighted by atomic mass is 16.5. The summed E-state index contributed by atoms with van der Waals surface area (Å²) in [5, 5.41) is 5.63. The van der Waals surface area contributed by atoms with Gasteiger partial charge in [-0.2, -0.15) is 0 Å². The Kier molecular flexibility index (Phi) is 4.35. The summed E-state index contributed by atoms with van der Waals surface area (Å²) >= 11 is 0. The van der Waals surface area contributed by atoms with Crippen LogP contribution in [0.25, 0.3) is 0 Å². The minimum absolute atomic E-state index is 0.124. The molecule has 1 aliphatic heterocycles. The van der Waals surface area contributed by atoms with Crippen LogP contribution in [0.3, 0.4) is 0 Å². The average molecular weight is 251 g/mol. The molecule has 1 atom stereocenters. The number of amides is 2. The number of carbonyl (C=O) groups excluding carboxylic acids is 1. The van der Waals surface area contributed by atoms with Crippen molar-refractivity contribution in [2.45, 2.75) is 19.0 Å². The summed E-state index contributed by atoms with van der Waals surface area (Å²) in [4.78, 5) is 15.6. The van der Waals surface area contributed by atoms with Gasteiger partial charge in [-0.1, -0.05) is 6.07 Å². The van der Waals surface area contributed by atoms with E-state index in [1.807, 2.05) is 6.07 Å². The van der Waals surface area contributed by atoms with Gasteiger partial charge in [0.15, 0.2) is 0 Å². The zero-order chi connectivity index (χ0) is 12.8. The van der Waals surface area contributed by atoms with Crippen LogP contribution in [0.4, 0.5) is 4.79 Å². The van der Waals surface area contributed by atoms with Crippen LogP contribution in [0.2, 0.25) is 0 Å². The van der Waals surface area contributed by atoms with E-state index < -0.39 is 0 Å². The van der Waals surface area contributed by atoms with Crippen molar-refractivity contribution in [1.82, 2.24) is 15.6 Å². The number of pyridine rings is 1. The van der Waals surface area contributed by atoms with E-state index >= 15 is 0 Å². The lowest BCUT2D eigenvalue weighted by molar-refractivity contribution is 0.188. The highest BCUT2D eigenvalue weighted by molar-refractivity contribution is 5.74. The van der Waals surface area contributed by atoms with Crippen molar-refractivity contribution in [3.05, 3.63) is 23.9 Å². The Morgan fingerprint density at radius 3 is 3.11 bits per heavy atom. The van der Waals surface area contributed by atoms with Gasteiger partial charge in [-0.15, -0.1) is 0 Å². The molecule has 1 aromatic heterocycles. The third-order valence-corrected chi connectivity index (χ3v) is 2.72. The molecule has 98 valence electrons. The van der Waals surface area contributed by atoms with Crippen LogP contribution in [-0.4, -0.2) is 37.4 Å². The molecule has 0 aromatic carbocycles. The summed E-state index contributed by atoms with van der Waals surface area (Å²) in [5.74, 6) is 0.561. The summed E-state index contributed by atoms with van der Waals surface area (Å²) < 4.78 is 10.1. The monoisotopic (exact) mass is 251 g/mol. The van der Waals surface area contributed by atoms with Crippen molar-refractivity contribution in [3.63, 3.8) is 0 Å². The summed E-state index contributed by atoms with van der Waals surface area (Å²) in [6, 6.07) is 3.57. The molecule has 1 unspecified atom stereocenters. The second-order valence-electron chi connectivity index (χ2n) is 4.10. The van der Waals surface area contributed by atoms with E-state index in [0.717, 1.165) is 12.0 Å². The number of rotatable bonds is 4. The maximum Gasteiger partial charge on any atom is 0.315 e. The van der Waals surface area contributed by atoms with Crippen LogP contribution in [0, 0.1) is 0 Å². The summed E-state index contributed by atoms with van der Waals surface area (Å²) in [5.41, 5.74) is 0.925. The van der Waals surface area contributed by atoms with Gasteiger partial charge in [0.05, 0.1) is 19.8 Å². The standard InChI is InChI=1S/C12H17N3O3/c1-17-11-3-2-9(6-13-11)7-14-12(16)15-10-4-5-18-8-10/h2-3,6,10H,4-5,7-8H2,1H3,(H2,14,15,16). The molecule has 0 radical (unpaired) electrons. The molecule has 0 bridgehead atoms. The van der Waals surface area contributed by atoms with Crippen molar-refractivity contribution in [1.29, 1.82) is 0 Å². The maximum atomic E-state index is 11.6. The van der Waals surface area contributed by atoms with Gasteiger partial charge >= 0.3 is 6.03 Å². The number of carbonyl (C=O) groups is 1. The molecule has 1 aromatic rings. The third-order valence-electron chi connectivity index (χ3n) is 2.72. The first-order valence-corrected chi connectivity index (χ1v) is 5.89. The molecular weight excluding hydrogens is 234 g/mol. The molecule has 6 nitrogen and oxygen atoms in total. The smallest absolute Gasteiger partial charge is 0.315 e. The average Bonchev–Trinajstić information content (AvgIpc) is 2.90. The number of urea groups is 1. The number of aromatic nitrogens is 1. The molecule has 1 fully saturated rings. The Hall–Kier alpha value is -1.82. The van der Waals surface area contributed by atoms with E-state index in [2.05, 4.69) is 15.6 Å². The molecule has 1 aliphatic rings. The first-order valence-electron chi connectivity index (χ1n) is 5.89.